The van der Waals surface area contributed by atoms with Gasteiger partial charge in [0, 0.05) is 25.3 Å². The van der Waals surface area contributed by atoms with Gasteiger partial charge in [-0.1, -0.05) is 12.1 Å². The van der Waals surface area contributed by atoms with E-state index in [1.54, 1.807) is 24.3 Å². The molecule has 1 atom stereocenters. The van der Waals surface area contributed by atoms with E-state index in [4.69, 9.17) is 17.0 Å². The summed E-state index contributed by atoms with van der Waals surface area (Å²) in [6.07, 6.45) is 0. The number of hydrogen-bond acceptors (Lipinski definition) is 3. The highest BCUT2D eigenvalue weighted by Gasteiger charge is 2.22. The molecular weight excluding hydrogens is 356 g/mol. The molecule has 0 aromatic heterocycles. The van der Waals surface area contributed by atoms with Gasteiger partial charge in [0.2, 0.25) is 0 Å². The summed E-state index contributed by atoms with van der Waals surface area (Å²) in [6.45, 7) is 3.54. The maximum Gasteiger partial charge on any atom is 0.170 e. The number of nitrogens with one attached hydrogen (secondary N) is 2. The Bertz CT molecular complexity index is 719. The first-order chi connectivity index (χ1) is 12.6. The lowest BCUT2D eigenvalue weighted by Gasteiger charge is -2.35. The molecule has 3 rings (SSSR count). The SMILES string of the molecule is Fc1ccc(NC(=S)NC[C@H](c2ccc(F)cc2)N2CCOCC2)cc1. The van der Waals surface area contributed by atoms with Crippen molar-refractivity contribution in [1.82, 2.24) is 10.2 Å². The highest BCUT2D eigenvalue weighted by molar-refractivity contribution is 7.80. The van der Waals surface area contributed by atoms with Crippen LogP contribution in [0.5, 0.6) is 0 Å². The zero-order chi connectivity index (χ0) is 18.4. The van der Waals surface area contributed by atoms with Gasteiger partial charge in [-0.25, -0.2) is 8.78 Å². The van der Waals surface area contributed by atoms with Crippen LogP contribution in [0.2, 0.25) is 0 Å². The van der Waals surface area contributed by atoms with E-state index >= 15 is 0 Å². The topological polar surface area (TPSA) is 36.5 Å². The number of benzene rings is 2. The van der Waals surface area contributed by atoms with Crippen LogP contribution in [-0.4, -0.2) is 42.9 Å². The summed E-state index contributed by atoms with van der Waals surface area (Å²) in [5.74, 6) is -0.547. The molecule has 0 saturated carbocycles. The minimum atomic E-state index is -0.293. The fraction of sp³-hybridized carbons (Fsp3) is 0.316. The van der Waals surface area contributed by atoms with Gasteiger partial charge >= 0.3 is 0 Å². The number of hydrogen-bond donors (Lipinski definition) is 2. The molecule has 2 aromatic rings. The molecule has 138 valence electrons. The minimum Gasteiger partial charge on any atom is -0.379 e. The van der Waals surface area contributed by atoms with Gasteiger partial charge in [0.1, 0.15) is 11.6 Å². The zero-order valence-electron chi connectivity index (χ0n) is 14.3. The molecule has 2 N–H and O–H groups in total. The largest absolute Gasteiger partial charge is 0.379 e. The molecule has 0 bridgehead atoms. The fourth-order valence-electron chi connectivity index (χ4n) is 2.93. The third-order valence-electron chi connectivity index (χ3n) is 4.30. The molecule has 1 heterocycles. The third-order valence-corrected chi connectivity index (χ3v) is 4.55. The van der Waals surface area contributed by atoms with Gasteiger partial charge < -0.3 is 15.4 Å². The first-order valence-electron chi connectivity index (χ1n) is 8.49. The van der Waals surface area contributed by atoms with E-state index < -0.39 is 0 Å². The van der Waals surface area contributed by atoms with Crippen molar-refractivity contribution in [1.29, 1.82) is 0 Å². The summed E-state index contributed by atoms with van der Waals surface area (Å²) >= 11 is 5.34. The lowest BCUT2D eigenvalue weighted by molar-refractivity contribution is 0.0170. The molecule has 1 aliphatic rings. The molecule has 0 radical (unpaired) electrons. The summed E-state index contributed by atoms with van der Waals surface area (Å²) in [5, 5.41) is 6.70. The summed E-state index contributed by atoms with van der Waals surface area (Å²) in [5.41, 5.74) is 1.74. The van der Waals surface area contributed by atoms with Crippen LogP contribution < -0.4 is 10.6 Å². The molecule has 26 heavy (non-hydrogen) atoms. The van der Waals surface area contributed by atoms with Gasteiger partial charge in [-0.3, -0.25) is 4.90 Å². The van der Waals surface area contributed by atoms with E-state index in [0.29, 0.717) is 30.6 Å². The summed E-state index contributed by atoms with van der Waals surface area (Å²) in [6, 6.07) is 12.6. The average Bonchev–Trinajstić information content (AvgIpc) is 2.66. The Kier molecular flexibility index (Phi) is 6.49. The molecule has 2 aromatic carbocycles. The Hall–Kier alpha value is -2.09. The Morgan fingerprint density at radius 2 is 1.58 bits per heavy atom. The zero-order valence-corrected chi connectivity index (χ0v) is 15.1. The lowest BCUT2D eigenvalue weighted by atomic mass is 10.0. The van der Waals surface area contributed by atoms with Crippen molar-refractivity contribution in [3.05, 3.63) is 65.7 Å². The van der Waals surface area contributed by atoms with E-state index in [2.05, 4.69) is 15.5 Å². The molecule has 1 aliphatic heterocycles. The maximum absolute atomic E-state index is 13.3. The van der Waals surface area contributed by atoms with Crippen LogP contribution in [0.25, 0.3) is 0 Å². The smallest absolute Gasteiger partial charge is 0.170 e. The Morgan fingerprint density at radius 3 is 2.19 bits per heavy atom. The number of ether oxygens (including phenoxy) is 1. The lowest BCUT2D eigenvalue weighted by Crippen LogP contribution is -2.44. The second kappa shape index (κ2) is 9.02. The molecule has 4 nitrogen and oxygen atoms in total. The Morgan fingerprint density at radius 1 is 1.00 bits per heavy atom. The minimum absolute atomic E-state index is 0.0486. The van der Waals surface area contributed by atoms with Crippen molar-refractivity contribution in [3.63, 3.8) is 0 Å². The summed E-state index contributed by atoms with van der Waals surface area (Å²) in [7, 11) is 0. The predicted octanol–water partition coefficient (Wildman–Crippen LogP) is 3.32. The van der Waals surface area contributed by atoms with E-state index in [-0.39, 0.29) is 17.7 Å². The molecule has 1 saturated heterocycles. The highest BCUT2D eigenvalue weighted by Crippen LogP contribution is 2.21. The second-order valence-electron chi connectivity index (χ2n) is 6.06. The van der Waals surface area contributed by atoms with Crippen molar-refractivity contribution in [3.8, 4) is 0 Å². The number of morpholine rings is 1. The number of rotatable bonds is 5. The standard InChI is InChI=1S/C19H21F2N3OS/c20-15-3-1-14(2-4-15)18(24-9-11-25-12-10-24)13-22-19(26)23-17-7-5-16(21)6-8-17/h1-8,18H,9-13H2,(H2,22,23,26)/t18-/m1/s1. The second-order valence-corrected chi connectivity index (χ2v) is 6.47. The van der Waals surface area contributed by atoms with Crippen molar-refractivity contribution in [2.75, 3.05) is 38.2 Å². The maximum atomic E-state index is 13.3. The van der Waals surface area contributed by atoms with Crippen molar-refractivity contribution in [2.24, 2.45) is 0 Å². The van der Waals surface area contributed by atoms with Crippen molar-refractivity contribution >= 4 is 23.0 Å². The van der Waals surface area contributed by atoms with Gasteiger partial charge in [0.25, 0.3) is 0 Å². The first kappa shape index (κ1) is 18.7. The third kappa shape index (κ3) is 5.20. The average molecular weight is 377 g/mol. The highest BCUT2D eigenvalue weighted by atomic mass is 32.1. The van der Waals surface area contributed by atoms with Crippen LogP contribution in [-0.2, 0) is 4.74 Å². The van der Waals surface area contributed by atoms with E-state index in [9.17, 15) is 8.78 Å². The number of thiocarbonyl (C=S) groups is 1. The van der Waals surface area contributed by atoms with Crippen molar-refractivity contribution in [2.45, 2.75) is 6.04 Å². The van der Waals surface area contributed by atoms with Gasteiger partial charge in [0.15, 0.2) is 5.11 Å². The monoisotopic (exact) mass is 377 g/mol. The Labute approximate surface area is 157 Å². The molecule has 1 fully saturated rings. The molecule has 0 spiro atoms. The Balaban J connectivity index is 1.64. The van der Waals surface area contributed by atoms with Crippen LogP contribution in [0.3, 0.4) is 0 Å². The fourth-order valence-corrected chi connectivity index (χ4v) is 3.13. The quantitative estimate of drug-likeness (QED) is 0.782. The van der Waals surface area contributed by atoms with Crippen LogP contribution >= 0.6 is 12.2 Å². The van der Waals surface area contributed by atoms with Crippen LogP contribution in [0, 0.1) is 11.6 Å². The molecule has 0 unspecified atom stereocenters. The molecule has 0 amide bonds. The van der Waals surface area contributed by atoms with Crippen LogP contribution in [0.15, 0.2) is 48.5 Å². The van der Waals surface area contributed by atoms with Gasteiger partial charge in [0.05, 0.1) is 19.3 Å². The van der Waals surface area contributed by atoms with E-state index in [0.717, 1.165) is 18.7 Å². The number of nitrogens with zero attached hydrogens (tertiary/aromatic N) is 1. The van der Waals surface area contributed by atoms with Gasteiger partial charge in [-0.2, -0.15) is 0 Å². The normalized spacial score (nSPS) is 16.1. The molecule has 0 aliphatic carbocycles. The first-order valence-corrected chi connectivity index (χ1v) is 8.90. The summed E-state index contributed by atoms with van der Waals surface area (Å²) < 4.78 is 31.7. The van der Waals surface area contributed by atoms with Gasteiger partial charge in [-0.15, -0.1) is 0 Å². The van der Waals surface area contributed by atoms with Crippen LogP contribution in [0.4, 0.5) is 14.5 Å². The summed E-state index contributed by atoms with van der Waals surface area (Å²) in [4.78, 5) is 2.30. The molecular formula is C19H21F2N3OS. The molecule has 7 heteroatoms. The van der Waals surface area contributed by atoms with E-state index in [1.165, 1.54) is 24.3 Å². The number of anilines is 1. The van der Waals surface area contributed by atoms with Crippen LogP contribution in [0.1, 0.15) is 11.6 Å². The van der Waals surface area contributed by atoms with Crippen molar-refractivity contribution < 1.29 is 13.5 Å². The number of halogens is 2. The van der Waals surface area contributed by atoms with E-state index in [1.807, 2.05) is 0 Å². The van der Waals surface area contributed by atoms with Gasteiger partial charge in [-0.05, 0) is 54.2 Å². The predicted molar refractivity (Wildman–Crippen MR) is 102 cm³/mol.